The lowest BCUT2D eigenvalue weighted by atomic mass is 9.81. The van der Waals surface area contributed by atoms with E-state index in [1.165, 1.54) is 9.80 Å². The van der Waals surface area contributed by atoms with Gasteiger partial charge in [0.2, 0.25) is 23.6 Å². The number of carbonyl (C=O) groups excluding carboxylic acids is 4. The van der Waals surface area contributed by atoms with Gasteiger partial charge in [-0.2, -0.15) is 0 Å². The lowest BCUT2D eigenvalue weighted by molar-refractivity contribution is -0.143. The van der Waals surface area contributed by atoms with Crippen molar-refractivity contribution < 1.29 is 28.7 Å². The van der Waals surface area contributed by atoms with Crippen LogP contribution in [0.2, 0.25) is 0 Å². The molecule has 174 valence electrons. The van der Waals surface area contributed by atoms with Gasteiger partial charge in [-0.25, -0.2) is 0 Å². The van der Waals surface area contributed by atoms with Crippen LogP contribution in [0.25, 0.3) is 0 Å². The van der Waals surface area contributed by atoms with Gasteiger partial charge in [-0.15, -0.1) is 0 Å². The second-order valence-corrected chi connectivity index (χ2v) is 11.7. The molecule has 4 heterocycles. The molecular formula is C26H24N2O6. The summed E-state index contributed by atoms with van der Waals surface area (Å²) in [6.07, 6.45) is 2.65. The number of nitrogens with zero attached hydrogens (tertiary/aromatic N) is 2. The Morgan fingerprint density at radius 2 is 0.971 bits per heavy atom. The van der Waals surface area contributed by atoms with Crippen LogP contribution < -0.4 is 0 Å². The Kier molecular flexibility index (Phi) is 3.19. The molecule has 4 saturated carbocycles. The maximum Gasteiger partial charge on any atom is 0.233 e. The van der Waals surface area contributed by atoms with Crippen molar-refractivity contribution in [3.8, 4) is 0 Å². The number of fused-ring (bicyclic) bond motifs is 16. The number of ether oxygens (including phenoxy) is 2. The fourth-order valence-corrected chi connectivity index (χ4v) is 9.07. The summed E-state index contributed by atoms with van der Waals surface area (Å²) in [6, 6.07) is 7.61. The Morgan fingerprint density at radius 1 is 0.618 bits per heavy atom. The first-order chi connectivity index (χ1) is 16.5. The monoisotopic (exact) mass is 460 g/mol. The van der Waals surface area contributed by atoms with Crippen LogP contribution in [-0.4, -0.2) is 57.8 Å². The molecule has 4 saturated heterocycles. The van der Waals surface area contributed by atoms with Gasteiger partial charge in [-0.3, -0.25) is 29.0 Å². The minimum Gasteiger partial charge on any atom is -0.369 e. The molecule has 1 aromatic carbocycles. The predicted molar refractivity (Wildman–Crippen MR) is 112 cm³/mol. The van der Waals surface area contributed by atoms with E-state index in [1.54, 1.807) is 0 Å². The summed E-state index contributed by atoms with van der Waals surface area (Å²) in [5.74, 6) is -0.292. The molecule has 12 atom stereocenters. The minimum atomic E-state index is -0.214. The van der Waals surface area contributed by atoms with Crippen molar-refractivity contribution in [2.24, 2.45) is 47.3 Å². The van der Waals surface area contributed by atoms with Crippen molar-refractivity contribution in [2.45, 2.75) is 50.3 Å². The van der Waals surface area contributed by atoms with Crippen LogP contribution in [0.4, 0.5) is 0 Å². The van der Waals surface area contributed by atoms with Crippen LogP contribution in [0.15, 0.2) is 24.3 Å². The number of benzene rings is 1. The van der Waals surface area contributed by atoms with Crippen molar-refractivity contribution in [1.29, 1.82) is 0 Å². The van der Waals surface area contributed by atoms with E-state index in [0.717, 1.165) is 24.0 Å². The van der Waals surface area contributed by atoms with E-state index in [2.05, 4.69) is 0 Å². The molecule has 0 spiro atoms. The number of rotatable bonds is 4. The smallest absolute Gasteiger partial charge is 0.233 e. The van der Waals surface area contributed by atoms with E-state index in [0.29, 0.717) is 0 Å². The molecule has 4 aliphatic carbocycles. The number of carbonyl (C=O) groups is 4. The molecule has 0 aromatic heterocycles. The summed E-state index contributed by atoms with van der Waals surface area (Å²) in [7, 11) is 0. The van der Waals surface area contributed by atoms with Gasteiger partial charge in [0.15, 0.2) is 0 Å². The fraction of sp³-hybridized carbons (Fsp3) is 0.615. The van der Waals surface area contributed by atoms with Gasteiger partial charge in [0.25, 0.3) is 0 Å². The molecule has 8 nitrogen and oxygen atoms in total. The van der Waals surface area contributed by atoms with Gasteiger partial charge in [-0.05, 0) is 24.0 Å². The van der Waals surface area contributed by atoms with E-state index in [-0.39, 0.29) is 108 Å². The predicted octanol–water partition coefficient (Wildman–Crippen LogP) is 0.723. The SMILES string of the molecule is O=C1C2C3CC(C4OC34)C2C(=O)N1Cc1cccc(CN2C(=O)C3C4CC(C5OC45)C3C2=O)c1. The average molecular weight is 460 g/mol. The van der Waals surface area contributed by atoms with Gasteiger partial charge in [0, 0.05) is 23.7 Å². The van der Waals surface area contributed by atoms with Crippen LogP contribution in [-0.2, 0) is 41.7 Å². The number of hydrogen-bond acceptors (Lipinski definition) is 6. The van der Waals surface area contributed by atoms with Gasteiger partial charge in [0.05, 0.1) is 61.2 Å². The van der Waals surface area contributed by atoms with Gasteiger partial charge < -0.3 is 9.47 Å². The Morgan fingerprint density at radius 3 is 1.32 bits per heavy atom. The Balaban J connectivity index is 0.944. The van der Waals surface area contributed by atoms with Gasteiger partial charge in [-0.1, -0.05) is 24.3 Å². The number of epoxide rings is 2. The largest absolute Gasteiger partial charge is 0.369 e. The van der Waals surface area contributed by atoms with Crippen molar-refractivity contribution in [3.05, 3.63) is 35.4 Å². The third kappa shape index (κ3) is 2.06. The lowest BCUT2D eigenvalue weighted by Crippen LogP contribution is -2.33. The summed E-state index contributed by atoms with van der Waals surface area (Å²) in [5, 5.41) is 0. The third-order valence-electron chi connectivity index (χ3n) is 10.4. The van der Waals surface area contributed by atoms with Crippen molar-refractivity contribution in [3.63, 3.8) is 0 Å². The fourth-order valence-electron chi connectivity index (χ4n) is 9.07. The Hall–Kier alpha value is -2.58. The third-order valence-corrected chi connectivity index (χ3v) is 10.4. The molecule has 0 radical (unpaired) electrons. The molecule has 8 fully saturated rings. The van der Waals surface area contributed by atoms with E-state index in [4.69, 9.17) is 9.47 Å². The maximum atomic E-state index is 13.2. The number of hydrogen-bond donors (Lipinski definition) is 0. The highest BCUT2D eigenvalue weighted by Gasteiger charge is 2.74. The zero-order valence-corrected chi connectivity index (χ0v) is 18.4. The Bertz CT molecular complexity index is 1080. The topological polar surface area (TPSA) is 99.8 Å². The van der Waals surface area contributed by atoms with Crippen molar-refractivity contribution >= 4 is 23.6 Å². The molecule has 8 heteroatoms. The molecule has 4 amide bonds. The standard InChI is InChI=1S/C26H24N2O6/c29-23-15-11-5-12(20-19(11)33-20)16(15)24(30)27(23)7-9-2-1-3-10(4-9)8-28-25(31)17-13-6-14(18(17)26(28)32)22-21(13)34-22/h1-4,11-22H,5-8H2. The zero-order chi connectivity index (χ0) is 22.6. The van der Waals surface area contributed by atoms with Crippen molar-refractivity contribution in [2.75, 3.05) is 0 Å². The van der Waals surface area contributed by atoms with Crippen LogP contribution in [0.3, 0.4) is 0 Å². The highest BCUT2D eigenvalue weighted by atomic mass is 16.6. The van der Waals surface area contributed by atoms with E-state index in [9.17, 15) is 19.2 Å². The first kappa shape index (κ1) is 18.7. The first-order valence-electron chi connectivity index (χ1n) is 12.6. The van der Waals surface area contributed by atoms with Gasteiger partial charge >= 0.3 is 0 Å². The second kappa shape index (κ2) is 5.79. The molecule has 34 heavy (non-hydrogen) atoms. The number of imide groups is 2. The Labute approximate surface area is 195 Å². The molecule has 8 aliphatic rings. The van der Waals surface area contributed by atoms with Crippen LogP contribution in [0.5, 0.6) is 0 Å². The highest BCUT2D eigenvalue weighted by molar-refractivity contribution is 6.07. The number of likely N-dealkylation sites (tertiary alicyclic amines) is 2. The molecule has 0 N–H and O–H groups in total. The number of amides is 4. The van der Waals surface area contributed by atoms with Gasteiger partial charge in [0.1, 0.15) is 0 Å². The summed E-state index contributed by atoms with van der Waals surface area (Å²) < 4.78 is 11.4. The summed E-state index contributed by atoms with van der Waals surface area (Å²) >= 11 is 0. The average Bonchev–Trinajstić information content (AvgIpc) is 3.59. The minimum absolute atomic E-state index is 0.0594. The summed E-state index contributed by atoms with van der Waals surface area (Å²) in [5.41, 5.74) is 1.70. The first-order valence-corrected chi connectivity index (χ1v) is 12.6. The summed E-state index contributed by atoms with van der Waals surface area (Å²) in [6.45, 7) is 0.484. The van der Waals surface area contributed by atoms with Crippen molar-refractivity contribution in [1.82, 2.24) is 9.80 Å². The summed E-state index contributed by atoms with van der Waals surface area (Å²) in [4.78, 5) is 55.5. The molecule has 9 rings (SSSR count). The maximum absolute atomic E-state index is 13.2. The zero-order valence-electron chi connectivity index (χ0n) is 18.4. The van der Waals surface area contributed by atoms with Crippen LogP contribution >= 0.6 is 0 Å². The van der Waals surface area contributed by atoms with Crippen LogP contribution in [0.1, 0.15) is 24.0 Å². The van der Waals surface area contributed by atoms with E-state index in [1.807, 2.05) is 24.3 Å². The highest BCUT2D eigenvalue weighted by Crippen LogP contribution is 2.65. The molecule has 4 aliphatic heterocycles. The normalized spacial score (nSPS) is 50.2. The molecular weight excluding hydrogens is 436 g/mol. The van der Waals surface area contributed by atoms with Crippen LogP contribution in [0, 0.1) is 47.3 Å². The molecule has 1 aromatic rings. The van der Waals surface area contributed by atoms with E-state index < -0.39 is 0 Å². The second-order valence-electron chi connectivity index (χ2n) is 11.7. The van der Waals surface area contributed by atoms with E-state index >= 15 is 0 Å². The quantitative estimate of drug-likeness (QED) is 0.485. The lowest BCUT2D eigenvalue weighted by Gasteiger charge is -2.20. The molecule has 12 unspecified atom stereocenters. The molecule has 4 bridgehead atoms.